The van der Waals surface area contributed by atoms with Crippen molar-refractivity contribution in [3.8, 4) is 5.75 Å². The van der Waals surface area contributed by atoms with E-state index in [1.54, 1.807) is 11.8 Å². The van der Waals surface area contributed by atoms with Crippen molar-refractivity contribution in [2.45, 2.75) is 19.8 Å². The first-order valence-corrected chi connectivity index (χ1v) is 7.91. The van der Waals surface area contributed by atoms with Gasteiger partial charge in [-0.15, -0.1) is 0 Å². The van der Waals surface area contributed by atoms with Crippen LogP contribution in [0.4, 0.5) is 4.39 Å². The molecule has 1 aromatic carbocycles. The summed E-state index contributed by atoms with van der Waals surface area (Å²) in [6.07, 6.45) is 1.46. The fraction of sp³-hybridized carbons (Fsp3) is 0.500. The van der Waals surface area contributed by atoms with Gasteiger partial charge in [0.25, 0.3) is 5.91 Å². The molecular formula is C16H19ClFNO4. The fourth-order valence-electron chi connectivity index (χ4n) is 2.48. The van der Waals surface area contributed by atoms with Crippen LogP contribution in [0.5, 0.6) is 5.75 Å². The van der Waals surface area contributed by atoms with E-state index in [1.165, 1.54) is 12.1 Å². The van der Waals surface area contributed by atoms with Gasteiger partial charge in [-0.3, -0.25) is 9.59 Å². The van der Waals surface area contributed by atoms with Crippen molar-refractivity contribution >= 4 is 23.5 Å². The van der Waals surface area contributed by atoms with Crippen LogP contribution in [0.1, 0.15) is 19.8 Å². The number of rotatable bonds is 5. The van der Waals surface area contributed by atoms with E-state index in [0.717, 1.165) is 12.5 Å². The molecule has 5 nitrogen and oxygen atoms in total. The van der Waals surface area contributed by atoms with Gasteiger partial charge in [0, 0.05) is 13.1 Å². The summed E-state index contributed by atoms with van der Waals surface area (Å²) in [5.41, 5.74) is 0. The second-order valence-electron chi connectivity index (χ2n) is 5.29. The Morgan fingerprint density at radius 3 is 2.91 bits per heavy atom. The summed E-state index contributed by atoms with van der Waals surface area (Å²) in [5, 5.41) is 0.112. The number of esters is 1. The quantitative estimate of drug-likeness (QED) is 0.771. The average molecular weight is 344 g/mol. The SMILES string of the molecule is CCOC(=O)C1CCCN(C(=O)COc2ccc(F)cc2Cl)C1. The Labute approximate surface area is 139 Å². The predicted molar refractivity (Wildman–Crippen MR) is 82.8 cm³/mol. The average Bonchev–Trinajstić information content (AvgIpc) is 2.54. The highest BCUT2D eigenvalue weighted by atomic mass is 35.5. The molecule has 126 valence electrons. The molecule has 1 amide bonds. The normalized spacial score (nSPS) is 17.7. The first-order chi connectivity index (χ1) is 11.0. The molecule has 0 aromatic heterocycles. The number of nitrogens with zero attached hydrogens (tertiary/aromatic N) is 1. The zero-order valence-electron chi connectivity index (χ0n) is 12.9. The van der Waals surface area contributed by atoms with Crippen molar-refractivity contribution < 1.29 is 23.5 Å². The Hall–Kier alpha value is -1.82. The van der Waals surface area contributed by atoms with E-state index in [4.69, 9.17) is 21.1 Å². The number of hydrogen-bond donors (Lipinski definition) is 0. The van der Waals surface area contributed by atoms with E-state index in [9.17, 15) is 14.0 Å². The van der Waals surface area contributed by atoms with Gasteiger partial charge in [-0.2, -0.15) is 0 Å². The fourth-order valence-corrected chi connectivity index (χ4v) is 2.70. The van der Waals surface area contributed by atoms with Crippen molar-refractivity contribution in [1.82, 2.24) is 4.90 Å². The largest absolute Gasteiger partial charge is 0.482 e. The Bertz CT molecular complexity index is 581. The molecule has 0 spiro atoms. The Balaban J connectivity index is 1.88. The molecule has 1 atom stereocenters. The van der Waals surface area contributed by atoms with Gasteiger partial charge < -0.3 is 14.4 Å². The van der Waals surface area contributed by atoms with Crippen LogP contribution in [0.2, 0.25) is 5.02 Å². The minimum Gasteiger partial charge on any atom is -0.482 e. The number of benzene rings is 1. The number of ether oxygens (including phenoxy) is 2. The topological polar surface area (TPSA) is 55.8 Å². The highest BCUT2D eigenvalue weighted by Gasteiger charge is 2.29. The van der Waals surface area contributed by atoms with Crippen LogP contribution in [-0.2, 0) is 14.3 Å². The Kier molecular flexibility index (Phi) is 6.21. The van der Waals surface area contributed by atoms with Crippen LogP contribution in [0.15, 0.2) is 18.2 Å². The van der Waals surface area contributed by atoms with Gasteiger partial charge in [0.15, 0.2) is 6.61 Å². The molecule has 1 saturated heterocycles. The van der Waals surface area contributed by atoms with Gasteiger partial charge in [-0.1, -0.05) is 11.6 Å². The van der Waals surface area contributed by atoms with Crippen LogP contribution in [-0.4, -0.2) is 43.1 Å². The molecule has 1 fully saturated rings. The van der Waals surface area contributed by atoms with Crippen LogP contribution in [0, 0.1) is 11.7 Å². The number of piperidine rings is 1. The van der Waals surface area contributed by atoms with E-state index in [0.29, 0.717) is 26.1 Å². The molecule has 0 aliphatic carbocycles. The molecule has 1 aliphatic heterocycles. The molecule has 0 saturated carbocycles. The third-order valence-corrected chi connectivity index (χ3v) is 3.93. The van der Waals surface area contributed by atoms with Gasteiger partial charge >= 0.3 is 5.97 Å². The van der Waals surface area contributed by atoms with Crippen molar-refractivity contribution in [3.05, 3.63) is 29.0 Å². The van der Waals surface area contributed by atoms with E-state index < -0.39 is 5.82 Å². The molecular weight excluding hydrogens is 325 g/mol. The number of likely N-dealkylation sites (tertiary alicyclic amines) is 1. The maximum Gasteiger partial charge on any atom is 0.310 e. The van der Waals surface area contributed by atoms with Crippen LogP contribution in [0.3, 0.4) is 0 Å². The Morgan fingerprint density at radius 1 is 1.43 bits per heavy atom. The lowest BCUT2D eigenvalue weighted by atomic mass is 9.98. The third kappa shape index (κ3) is 4.82. The first kappa shape index (κ1) is 17.5. The first-order valence-electron chi connectivity index (χ1n) is 7.53. The minimum atomic E-state index is -0.470. The molecule has 1 aliphatic rings. The zero-order valence-corrected chi connectivity index (χ0v) is 13.6. The van der Waals surface area contributed by atoms with E-state index in [1.807, 2.05) is 0 Å². The second kappa shape index (κ2) is 8.15. The molecule has 1 unspecified atom stereocenters. The summed E-state index contributed by atoms with van der Waals surface area (Å²) in [5.74, 6) is -1.02. The lowest BCUT2D eigenvalue weighted by Crippen LogP contribution is -2.44. The minimum absolute atomic E-state index is 0.112. The monoisotopic (exact) mass is 343 g/mol. The summed E-state index contributed by atoms with van der Waals surface area (Å²) in [6, 6.07) is 3.71. The summed E-state index contributed by atoms with van der Waals surface area (Å²) >= 11 is 5.85. The van der Waals surface area contributed by atoms with Gasteiger partial charge in [0.2, 0.25) is 0 Å². The zero-order chi connectivity index (χ0) is 16.8. The van der Waals surface area contributed by atoms with Crippen LogP contribution >= 0.6 is 11.6 Å². The van der Waals surface area contributed by atoms with Crippen LogP contribution in [0.25, 0.3) is 0 Å². The molecule has 0 radical (unpaired) electrons. The standard InChI is InChI=1S/C16H19ClFNO4/c1-2-22-16(21)11-4-3-7-19(9-11)15(20)10-23-14-6-5-12(18)8-13(14)17/h5-6,8,11H,2-4,7,9-10H2,1H3. The molecule has 0 N–H and O–H groups in total. The summed E-state index contributed by atoms with van der Waals surface area (Å²) in [6.45, 7) is 2.79. The molecule has 1 aromatic rings. The number of carbonyl (C=O) groups is 2. The Morgan fingerprint density at radius 2 is 2.22 bits per heavy atom. The van der Waals surface area contributed by atoms with Crippen molar-refractivity contribution in [2.24, 2.45) is 5.92 Å². The number of hydrogen-bond acceptors (Lipinski definition) is 4. The van der Waals surface area contributed by atoms with Gasteiger partial charge in [0.1, 0.15) is 11.6 Å². The summed E-state index contributed by atoms with van der Waals surface area (Å²) in [4.78, 5) is 25.6. The van der Waals surface area contributed by atoms with Crippen molar-refractivity contribution in [1.29, 1.82) is 0 Å². The lowest BCUT2D eigenvalue weighted by molar-refractivity contribution is -0.151. The molecule has 0 bridgehead atoms. The smallest absolute Gasteiger partial charge is 0.310 e. The molecule has 7 heteroatoms. The maximum absolute atomic E-state index is 13.0. The summed E-state index contributed by atoms with van der Waals surface area (Å²) < 4.78 is 23.3. The molecule has 2 rings (SSSR count). The second-order valence-corrected chi connectivity index (χ2v) is 5.70. The highest BCUT2D eigenvalue weighted by molar-refractivity contribution is 6.32. The van der Waals surface area contributed by atoms with Gasteiger partial charge in [0.05, 0.1) is 17.5 Å². The van der Waals surface area contributed by atoms with E-state index in [-0.39, 0.29) is 35.2 Å². The third-order valence-electron chi connectivity index (χ3n) is 3.64. The summed E-state index contributed by atoms with van der Waals surface area (Å²) in [7, 11) is 0. The van der Waals surface area contributed by atoms with E-state index >= 15 is 0 Å². The maximum atomic E-state index is 13.0. The molecule has 23 heavy (non-hydrogen) atoms. The number of carbonyl (C=O) groups excluding carboxylic acids is 2. The highest BCUT2D eigenvalue weighted by Crippen LogP contribution is 2.25. The lowest BCUT2D eigenvalue weighted by Gasteiger charge is -2.31. The number of halogens is 2. The van der Waals surface area contributed by atoms with Crippen molar-refractivity contribution in [3.63, 3.8) is 0 Å². The van der Waals surface area contributed by atoms with Gasteiger partial charge in [-0.05, 0) is 38.0 Å². The van der Waals surface area contributed by atoms with Gasteiger partial charge in [-0.25, -0.2) is 4.39 Å². The van der Waals surface area contributed by atoms with Crippen molar-refractivity contribution in [2.75, 3.05) is 26.3 Å². The predicted octanol–water partition coefficient (Wildman–Crippen LogP) is 2.66. The molecule has 1 heterocycles. The number of amides is 1. The van der Waals surface area contributed by atoms with E-state index in [2.05, 4.69) is 0 Å². The van der Waals surface area contributed by atoms with Crippen LogP contribution < -0.4 is 4.74 Å².